The molecule has 1 N–H and O–H groups in total. The summed E-state index contributed by atoms with van der Waals surface area (Å²) < 4.78 is 0. The Balaban J connectivity index is 3.19. The van der Waals surface area contributed by atoms with Crippen molar-refractivity contribution >= 4 is 34.8 Å². The molecule has 17 heavy (non-hydrogen) atoms. The van der Waals surface area contributed by atoms with Crippen LogP contribution in [-0.2, 0) is 0 Å². The van der Waals surface area contributed by atoms with Gasteiger partial charge in [0.2, 0.25) is 0 Å². The summed E-state index contributed by atoms with van der Waals surface area (Å²) in [6, 6.07) is 2.11. The monoisotopic (exact) mass is 272 g/mol. The number of carbonyl (C=O) groups excluding carboxylic acids is 1. The van der Waals surface area contributed by atoms with Crippen LogP contribution in [0.1, 0.15) is 10.4 Å². The number of terminal acetylenes is 1. The van der Waals surface area contributed by atoms with Crippen LogP contribution in [0.5, 0.6) is 0 Å². The molecule has 88 valence electrons. The highest BCUT2D eigenvalue weighted by Gasteiger charge is 2.18. The van der Waals surface area contributed by atoms with Gasteiger partial charge in [0.25, 0.3) is 11.6 Å². The van der Waals surface area contributed by atoms with Crippen LogP contribution in [0.25, 0.3) is 0 Å². The van der Waals surface area contributed by atoms with E-state index in [9.17, 15) is 14.9 Å². The fraction of sp³-hybridized carbons (Fsp3) is 0.100. The highest BCUT2D eigenvalue weighted by molar-refractivity contribution is 6.44. The average molecular weight is 273 g/mol. The molecule has 0 unspecified atom stereocenters. The SMILES string of the molecule is C#CCNC(=O)c1cc([N+](=O)[O-])cc(Cl)c1Cl. The number of carbonyl (C=O) groups is 1. The largest absolute Gasteiger partial charge is 0.341 e. The molecule has 5 nitrogen and oxygen atoms in total. The molecule has 0 aliphatic heterocycles. The maximum absolute atomic E-state index is 11.6. The highest BCUT2D eigenvalue weighted by atomic mass is 35.5. The van der Waals surface area contributed by atoms with Crippen molar-refractivity contribution in [1.82, 2.24) is 5.32 Å². The van der Waals surface area contributed by atoms with E-state index >= 15 is 0 Å². The summed E-state index contributed by atoms with van der Waals surface area (Å²) >= 11 is 11.5. The van der Waals surface area contributed by atoms with E-state index in [-0.39, 0.29) is 27.8 Å². The molecule has 0 fully saturated rings. The number of nitrogens with one attached hydrogen (secondary N) is 1. The van der Waals surface area contributed by atoms with Gasteiger partial charge in [0.1, 0.15) is 0 Å². The van der Waals surface area contributed by atoms with Crippen molar-refractivity contribution in [1.29, 1.82) is 0 Å². The molecule has 7 heteroatoms. The minimum Gasteiger partial charge on any atom is -0.341 e. The van der Waals surface area contributed by atoms with Gasteiger partial charge in [-0.25, -0.2) is 0 Å². The van der Waals surface area contributed by atoms with Crippen LogP contribution in [0.2, 0.25) is 10.0 Å². The van der Waals surface area contributed by atoms with E-state index in [2.05, 4.69) is 11.2 Å². The molecule has 0 bridgehead atoms. The summed E-state index contributed by atoms with van der Waals surface area (Å²) in [6.07, 6.45) is 4.97. The lowest BCUT2D eigenvalue weighted by molar-refractivity contribution is -0.384. The molecule has 1 aromatic carbocycles. The summed E-state index contributed by atoms with van der Waals surface area (Å²) in [5.41, 5.74) is -0.397. The van der Waals surface area contributed by atoms with E-state index in [1.807, 2.05) is 0 Å². The second-order valence-electron chi connectivity index (χ2n) is 2.93. The van der Waals surface area contributed by atoms with Gasteiger partial charge in [0.05, 0.1) is 27.1 Å². The predicted molar refractivity (Wildman–Crippen MR) is 64.3 cm³/mol. The molecule has 0 aromatic heterocycles. The lowest BCUT2D eigenvalue weighted by Gasteiger charge is -2.05. The van der Waals surface area contributed by atoms with Crippen molar-refractivity contribution in [3.63, 3.8) is 0 Å². The third-order valence-corrected chi connectivity index (χ3v) is 2.62. The van der Waals surface area contributed by atoms with E-state index in [1.54, 1.807) is 0 Å². The fourth-order valence-electron chi connectivity index (χ4n) is 1.07. The molecule has 0 radical (unpaired) electrons. The quantitative estimate of drug-likeness (QED) is 0.521. The van der Waals surface area contributed by atoms with Gasteiger partial charge in [-0.15, -0.1) is 6.42 Å². The number of halogens is 2. The molecule has 1 amide bonds. The standard InChI is InChI=1S/C10H6Cl2N2O3/c1-2-3-13-10(15)7-4-6(14(16)17)5-8(11)9(7)12/h1,4-5H,3H2,(H,13,15). The predicted octanol–water partition coefficient (Wildman–Crippen LogP) is 2.26. The Morgan fingerprint density at radius 2 is 2.18 bits per heavy atom. The Morgan fingerprint density at radius 1 is 1.53 bits per heavy atom. The van der Waals surface area contributed by atoms with Crippen LogP contribution in [0.3, 0.4) is 0 Å². The smallest absolute Gasteiger partial charge is 0.271 e. The third kappa shape index (κ3) is 3.09. The van der Waals surface area contributed by atoms with Crippen LogP contribution >= 0.6 is 23.2 Å². The zero-order valence-electron chi connectivity index (χ0n) is 8.37. The summed E-state index contributed by atoms with van der Waals surface area (Å²) in [6.45, 7) is -0.00449. The van der Waals surface area contributed by atoms with Crippen LogP contribution in [0, 0.1) is 22.5 Å². The van der Waals surface area contributed by atoms with Gasteiger partial charge < -0.3 is 5.32 Å². The Kier molecular flexibility index (Phi) is 4.32. The van der Waals surface area contributed by atoms with Crippen LogP contribution < -0.4 is 5.32 Å². The van der Waals surface area contributed by atoms with E-state index in [0.717, 1.165) is 12.1 Å². The second-order valence-corrected chi connectivity index (χ2v) is 3.72. The second kappa shape index (κ2) is 5.53. The van der Waals surface area contributed by atoms with Crippen molar-refractivity contribution in [2.24, 2.45) is 0 Å². The molecular weight excluding hydrogens is 267 g/mol. The van der Waals surface area contributed by atoms with E-state index < -0.39 is 10.8 Å². The zero-order chi connectivity index (χ0) is 13.0. The lowest BCUT2D eigenvalue weighted by atomic mass is 10.2. The summed E-state index contributed by atoms with van der Waals surface area (Å²) in [4.78, 5) is 21.5. The van der Waals surface area contributed by atoms with Crippen molar-refractivity contribution in [2.45, 2.75) is 0 Å². The molecule has 1 aromatic rings. The number of hydrogen-bond donors (Lipinski definition) is 1. The van der Waals surface area contributed by atoms with Gasteiger partial charge >= 0.3 is 0 Å². The number of nitro groups is 1. The first-order valence-corrected chi connectivity index (χ1v) is 5.08. The van der Waals surface area contributed by atoms with Crippen LogP contribution in [0.4, 0.5) is 5.69 Å². The van der Waals surface area contributed by atoms with Crippen molar-refractivity contribution in [3.05, 3.63) is 37.9 Å². The van der Waals surface area contributed by atoms with Gasteiger partial charge in [0.15, 0.2) is 0 Å². The molecular formula is C10H6Cl2N2O3. The average Bonchev–Trinajstić information content (AvgIpc) is 2.29. The first kappa shape index (κ1) is 13.3. The summed E-state index contributed by atoms with van der Waals surface area (Å²) in [7, 11) is 0. The number of nitrogens with zero attached hydrogens (tertiary/aromatic N) is 1. The van der Waals surface area contributed by atoms with Crippen molar-refractivity contribution in [3.8, 4) is 12.3 Å². The Morgan fingerprint density at radius 3 is 2.71 bits per heavy atom. The highest BCUT2D eigenvalue weighted by Crippen LogP contribution is 2.30. The number of rotatable bonds is 3. The van der Waals surface area contributed by atoms with Crippen LogP contribution in [-0.4, -0.2) is 17.4 Å². The number of amides is 1. The zero-order valence-corrected chi connectivity index (χ0v) is 9.88. The number of hydrogen-bond acceptors (Lipinski definition) is 3. The van der Waals surface area contributed by atoms with Gasteiger partial charge in [-0.2, -0.15) is 0 Å². The Hall–Kier alpha value is -1.77. The molecule has 0 spiro atoms. The minimum absolute atomic E-state index is 0.00449. The molecule has 0 saturated heterocycles. The number of benzene rings is 1. The maximum atomic E-state index is 11.6. The van der Waals surface area contributed by atoms with Gasteiger partial charge in [-0.05, 0) is 0 Å². The Bertz CT molecular complexity index is 523. The summed E-state index contributed by atoms with van der Waals surface area (Å²) in [5.74, 6) is 1.59. The van der Waals surface area contributed by atoms with E-state index in [4.69, 9.17) is 29.6 Å². The maximum Gasteiger partial charge on any atom is 0.271 e. The first-order valence-electron chi connectivity index (χ1n) is 4.32. The fourth-order valence-corrected chi connectivity index (χ4v) is 1.48. The molecule has 0 aliphatic carbocycles. The normalized spacial score (nSPS) is 9.47. The van der Waals surface area contributed by atoms with Crippen molar-refractivity contribution < 1.29 is 9.72 Å². The molecule has 0 heterocycles. The topological polar surface area (TPSA) is 72.2 Å². The molecule has 0 saturated carbocycles. The number of nitro benzene ring substituents is 1. The van der Waals surface area contributed by atoms with Gasteiger partial charge in [0, 0.05) is 12.1 Å². The van der Waals surface area contributed by atoms with Gasteiger partial charge in [-0.3, -0.25) is 14.9 Å². The molecule has 1 rings (SSSR count). The Labute approximate surface area is 107 Å². The molecule has 0 aliphatic rings. The first-order chi connectivity index (χ1) is 7.97. The van der Waals surface area contributed by atoms with Crippen LogP contribution in [0.15, 0.2) is 12.1 Å². The summed E-state index contributed by atoms with van der Waals surface area (Å²) in [5, 5.41) is 12.8. The van der Waals surface area contributed by atoms with E-state index in [1.165, 1.54) is 0 Å². The van der Waals surface area contributed by atoms with Gasteiger partial charge in [-0.1, -0.05) is 29.1 Å². The van der Waals surface area contributed by atoms with E-state index in [0.29, 0.717) is 0 Å². The van der Waals surface area contributed by atoms with Crippen molar-refractivity contribution in [2.75, 3.05) is 6.54 Å². The minimum atomic E-state index is -0.666. The third-order valence-electron chi connectivity index (χ3n) is 1.82. The lowest BCUT2D eigenvalue weighted by Crippen LogP contribution is -2.24. The number of non-ortho nitro benzene ring substituents is 1. The molecule has 0 atom stereocenters.